The maximum Gasteiger partial charge on any atom is 0.335 e. The zero-order chi connectivity index (χ0) is 12.3. The highest BCUT2D eigenvalue weighted by Gasteiger charge is 2.16. The minimum atomic E-state index is -0.898. The third kappa shape index (κ3) is 3.72. The van der Waals surface area contributed by atoms with Crippen LogP contribution in [0.1, 0.15) is 23.2 Å². The molecule has 0 bridgehead atoms. The Hall–Kier alpha value is -0.520. The van der Waals surface area contributed by atoms with E-state index in [1.165, 1.54) is 0 Å². The van der Waals surface area contributed by atoms with Crippen LogP contribution in [-0.2, 0) is 4.74 Å². The summed E-state index contributed by atoms with van der Waals surface area (Å²) >= 11 is 4.97. The molecule has 0 aliphatic carbocycles. The molecule has 1 unspecified atom stereocenters. The lowest BCUT2D eigenvalue weighted by molar-refractivity contribution is 0.0696. The molecule has 2 rings (SSSR count). The maximum absolute atomic E-state index is 10.9. The lowest BCUT2D eigenvalue weighted by atomic mass is 10.2. The summed E-state index contributed by atoms with van der Waals surface area (Å²) in [6.07, 6.45) is 2.55. The van der Waals surface area contributed by atoms with Crippen LogP contribution in [0.5, 0.6) is 0 Å². The van der Waals surface area contributed by atoms with Crippen molar-refractivity contribution in [2.75, 3.05) is 12.4 Å². The van der Waals surface area contributed by atoms with Crippen molar-refractivity contribution in [1.82, 2.24) is 0 Å². The van der Waals surface area contributed by atoms with E-state index in [9.17, 15) is 4.79 Å². The van der Waals surface area contributed by atoms with E-state index in [2.05, 4.69) is 15.9 Å². The molecule has 1 saturated heterocycles. The molecule has 1 atom stereocenters. The molecule has 5 heteroatoms. The zero-order valence-electron chi connectivity index (χ0n) is 9.19. The Morgan fingerprint density at radius 1 is 1.53 bits per heavy atom. The molecule has 1 N–H and O–H groups in total. The second-order valence-electron chi connectivity index (χ2n) is 3.93. The average Bonchev–Trinajstić information content (AvgIpc) is 2.78. The van der Waals surface area contributed by atoms with Gasteiger partial charge in [0.15, 0.2) is 0 Å². The molecule has 1 heterocycles. The van der Waals surface area contributed by atoms with Crippen molar-refractivity contribution in [2.45, 2.75) is 23.8 Å². The quantitative estimate of drug-likeness (QED) is 0.865. The molecule has 92 valence electrons. The number of thioether (sulfide) groups is 1. The van der Waals surface area contributed by atoms with Crippen LogP contribution in [0.15, 0.2) is 27.6 Å². The van der Waals surface area contributed by atoms with E-state index in [0.29, 0.717) is 11.7 Å². The van der Waals surface area contributed by atoms with Crippen LogP contribution >= 0.6 is 27.7 Å². The Labute approximate surface area is 113 Å². The Balaban J connectivity index is 2.01. The standard InChI is InChI=1S/C12H13BrO3S/c13-9-4-8(12(14)15)5-11(6-9)17-7-10-2-1-3-16-10/h4-6,10H,1-3,7H2,(H,14,15). The lowest BCUT2D eigenvalue weighted by Crippen LogP contribution is -2.07. The van der Waals surface area contributed by atoms with Gasteiger partial charge >= 0.3 is 5.97 Å². The van der Waals surface area contributed by atoms with E-state index in [1.807, 2.05) is 6.07 Å². The van der Waals surface area contributed by atoms with Gasteiger partial charge in [-0.05, 0) is 31.0 Å². The average molecular weight is 317 g/mol. The highest BCUT2D eigenvalue weighted by Crippen LogP contribution is 2.27. The molecule has 1 aliphatic heterocycles. The maximum atomic E-state index is 10.9. The first kappa shape index (κ1) is 12.9. The van der Waals surface area contributed by atoms with Gasteiger partial charge in [0.25, 0.3) is 0 Å². The van der Waals surface area contributed by atoms with E-state index in [-0.39, 0.29) is 0 Å². The molecular weight excluding hydrogens is 304 g/mol. The van der Waals surface area contributed by atoms with Crippen LogP contribution in [0.25, 0.3) is 0 Å². The molecule has 1 aliphatic rings. The summed E-state index contributed by atoms with van der Waals surface area (Å²) < 4.78 is 6.33. The number of ether oxygens (including phenoxy) is 1. The Bertz CT molecular complexity index is 416. The molecule has 1 fully saturated rings. The van der Waals surface area contributed by atoms with Crippen molar-refractivity contribution < 1.29 is 14.6 Å². The largest absolute Gasteiger partial charge is 0.478 e. The summed E-state index contributed by atoms with van der Waals surface area (Å²) in [6, 6.07) is 5.25. The van der Waals surface area contributed by atoms with E-state index in [4.69, 9.17) is 9.84 Å². The molecule has 3 nitrogen and oxygen atoms in total. The second-order valence-corrected chi connectivity index (χ2v) is 5.94. The number of aromatic carboxylic acids is 1. The molecule has 0 amide bonds. The summed E-state index contributed by atoms with van der Waals surface area (Å²) in [5, 5.41) is 8.96. The Morgan fingerprint density at radius 2 is 2.35 bits per heavy atom. The van der Waals surface area contributed by atoms with E-state index in [0.717, 1.165) is 34.6 Å². The third-order valence-electron chi connectivity index (χ3n) is 2.58. The summed E-state index contributed by atoms with van der Waals surface area (Å²) in [5.74, 6) is -0.0135. The highest BCUT2D eigenvalue weighted by atomic mass is 79.9. The topological polar surface area (TPSA) is 46.5 Å². The van der Waals surface area contributed by atoms with Gasteiger partial charge in [-0.1, -0.05) is 15.9 Å². The SMILES string of the molecule is O=C(O)c1cc(Br)cc(SCC2CCCO2)c1. The normalized spacial score (nSPS) is 19.5. The van der Waals surface area contributed by atoms with E-state index >= 15 is 0 Å². The predicted molar refractivity (Wildman–Crippen MR) is 70.8 cm³/mol. The third-order valence-corrected chi connectivity index (χ3v) is 4.14. The predicted octanol–water partition coefficient (Wildman–Crippen LogP) is 3.42. The lowest BCUT2D eigenvalue weighted by Gasteiger charge is -2.09. The van der Waals surface area contributed by atoms with Crippen LogP contribution in [0.2, 0.25) is 0 Å². The summed E-state index contributed by atoms with van der Waals surface area (Å²) in [5.41, 5.74) is 0.314. The van der Waals surface area contributed by atoms with Crippen molar-refractivity contribution in [3.05, 3.63) is 28.2 Å². The van der Waals surface area contributed by atoms with Gasteiger partial charge < -0.3 is 9.84 Å². The van der Waals surface area contributed by atoms with Gasteiger partial charge in [0.1, 0.15) is 0 Å². The molecular formula is C12H13BrO3S. The van der Waals surface area contributed by atoms with Gasteiger partial charge in [-0.25, -0.2) is 4.79 Å². The first-order valence-electron chi connectivity index (χ1n) is 5.43. The Kier molecular flexibility index (Phi) is 4.48. The molecule has 0 spiro atoms. The fourth-order valence-electron chi connectivity index (χ4n) is 1.73. The summed E-state index contributed by atoms with van der Waals surface area (Å²) in [4.78, 5) is 11.9. The molecule has 0 radical (unpaired) electrons. The number of benzene rings is 1. The zero-order valence-corrected chi connectivity index (χ0v) is 11.6. The van der Waals surface area contributed by atoms with Gasteiger partial charge in [-0.3, -0.25) is 0 Å². The van der Waals surface area contributed by atoms with Gasteiger partial charge in [-0.15, -0.1) is 11.8 Å². The van der Waals surface area contributed by atoms with Crippen molar-refractivity contribution in [2.24, 2.45) is 0 Å². The van der Waals surface area contributed by atoms with Crippen LogP contribution in [0.3, 0.4) is 0 Å². The highest BCUT2D eigenvalue weighted by molar-refractivity contribution is 9.10. The first-order chi connectivity index (χ1) is 8.15. The molecule has 1 aromatic rings. The van der Waals surface area contributed by atoms with Crippen LogP contribution in [0.4, 0.5) is 0 Å². The second kappa shape index (κ2) is 5.89. The molecule has 0 saturated carbocycles. The number of carbonyl (C=O) groups is 1. The molecule has 0 aromatic heterocycles. The summed E-state index contributed by atoms with van der Waals surface area (Å²) in [6.45, 7) is 0.851. The number of rotatable bonds is 4. The van der Waals surface area contributed by atoms with Crippen molar-refractivity contribution >= 4 is 33.7 Å². The Morgan fingerprint density at radius 3 is 3.00 bits per heavy atom. The number of carboxylic acid groups (broad SMARTS) is 1. The fourth-order valence-corrected chi connectivity index (χ4v) is 3.44. The van der Waals surface area contributed by atoms with Gasteiger partial charge in [0.2, 0.25) is 0 Å². The van der Waals surface area contributed by atoms with Gasteiger partial charge in [0, 0.05) is 21.7 Å². The number of halogens is 1. The monoisotopic (exact) mass is 316 g/mol. The minimum Gasteiger partial charge on any atom is -0.478 e. The van der Waals surface area contributed by atoms with Gasteiger partial charge in [0.05, 0.1) is 11.7 Å². The summed E-state index contributed by atoms with van der Waals surface area (Å²) in [7, 11) is 0. The minimum absolute atomic E-state index is 0.312. The van der Waals surface area contributed by atoms with E-state index < -0.39 is 5.97 Å². The van der Waals surface area contributed by atoms with E-state index in [1.54, 1.807) is 23.9 Å². The first-order valence-corrected chi connectivity index (χ1v) is 7.21. The molecule has 17 heavy (non-hydrogen) atoms. The van der Waals surface area contributed by atoms with Crippen molar-refractivity contribution in [3.63, 3.8) is 0 Å². The van der Waals surface area contributed by atoms with Crippen LogP contribution in [0, 0.1) is 0 Å². The van der Waals surface area contributed by atoms with Crippen molar-refractivity contribution in [1.29, 1.82) is 0 Å². The van der Waals surface area contributed by atoms with Crippen LogP contribution in [-0.4, -0.2) is 29.5 Å². The van der Waals surface area contributed by atoms with Crippen molar-refractivity contribution in [3.8, 4) is 0 Å². The van der Waals surface area contributed by atoms with Crippen LogP contribution < -0.4 is 0 Å². The number of hydrogen-bond donors (Lipinski definition) is 1. The molecule has 1 aromatic carbocycles. The van der Waals surface area contributed by atoms with Gasteiger partial charge in [-0.2, -0.15) is 0 Å². The fraction of sp³-hybridized carbons (Fsp3) is 0.417. The number of hydrogen-bond acceptors (Lipinski definition) is 3. The number of carboxylic acids is 1. The smallest absolute Gasteiger partial charge is 0.335 e.